The van der Waals surface area contributed by atoms with Crippen molar-refractivity contribution in [3.05, 3.63) is 11.6 Å². The van der Waals surface area contributed by atoms with E-state index in [9.17, 15) is 30.6 Å². The average molecular weight is 417 g/mol. The Balaban J connectivity index is 1.82. The highest BCUT2D eigenvalue weighted by atomic mass is 16.7. The molecule has 8 heteroatoms. The van der Waals surface area contributed by atoms with E-state index in [1.54, 1.807) is 0 Å². The topological polar surface area (TPSA) is 140 Å². The summed E-state index contributed by atoms with van der Waals surface area (Å²) in [6, 6.07) is 0. The lowest BCUT2D eigenvalue weighted by atomic mass is 9.54. The summed E-state index contributed by atoms with van der Waals surface area (Å²) in [5.41, 5.74) is -0.193. The van der Waals surface area contributed by atoms with Gasteiger partial charge in [-0.15, -0.1) is 0 Å². The first kappa shape index (κ1) is 23.1. The third-order valence-corrected chi connectivity index (χ3v) is 7.49. The van der Waals surface area contributed by atoms with Crippen LogP contribution < -0.4 is 0 Å². The number of aliphatic hydroxyl groups is 6. The highest BCUT2D eigenvalue weighted by molar-refractivity contribution is 5.20. The van der Waals surface area contributed by atoms with Crippen LogP contribution in [-0.2, 0) is 9.47 Å². The lowest BCUT2D eigenvalue weighted by Crippen LogP contribution is -2.62. The van der Waals surface area contributed by atoms with Gasteiger partial charge in [0.1, 0.15) is 24.4 Å². The van der Waals surface area contributed by atoms with Crippen LogP contribution in [0.1, 0.15) is 46.5 Å². The van der Waals surface area contributed by atoms with Gasteiger partial charge in [0.2, 0.25) is 0 Å². The van der Waals surface area contributed by atoms with Crippen molar-refractivity contribution in [2.45, 2.75) is 88.9 Å². The Morgan fingerprint density at radius 1 is 1.17 bits per heavy atom. The number of hydrogen-bond donors (Lipinski definition) is 6. The van der Waals surface area contributed by atoms with Crippen LogP contribution in [0.4, 0.5) is 0 Å². The molecule has 1 aliphatic heterocycles. The normalized spacial score (nSPS) is 49.3. The Labute approximate surface area is 171 Å². The Kier molecular flexibility index (Phi) is 6.78. The van der Waals surface area contributed by atoms with Gasteiger partial charge in [-0.2, -0.15) is 0 Å². The van der Waals surface area contributed by atoms with Gasteiger partial charge >= 0.3 is 0 Å². The number of ether oxygens (including phenoxy) is 2. The third-order valence-electron chi connectivity index (χ3n) is 7.49. The van der Waals surface area contributed by atoms with E-state index in [0.717, 1.165) is 5.57 Å². The van der Waals surface area contributed by atoms with Crippen molar-refractivity contribution in [3.63, 3.8) is 0 Å². The summed E-state index contributed by atoms with van der Waals surface area (Å²) in [7, 11) is 0. The Bertz CT molecular complexity index is 605. The van der Waals surface area contributed by atoms with Crippen molar-refractivity contribution in [1.29, 1.82) is 0 Å². The molecule has 8 nitrogen and oxygen atoms in total. The maximum Gasteiger partial charge on any atom is 0.186 e. The zero-order chi connectivity index (χ0) is 21.6. The van der Waals surface area contributed by atoms with Gasteiger partial charge in [0.05, 0.1) is 18.3 Å². The van der Waals surface area contributed by atoms with Gasteiger partial charge in [-0.25, -0.2) is 0 Å². The summed E-state index contributed by atoms with van der Waals surface area (Å²) < 4.78 is 11.7. The maximum absolute atomic E-state index is 11.1. The van der Waals surface area contributed by atoms with Crippen LogP contribution in [0.3, 0.4) is 0 Å². The number of allylic oxidation sites excluding steroid dienone is 1. The first-order chi connectivity index (χ1) is 13.5. The minimum atomic E-state index is -1.48. The molecule has 168 valence electrons. The number of fused-ring (bicyclic) bond motifs is 1. The molecule has 6 N–H and O–H groups in total. The number of aliphatic hydroxyl groups excluding tert-OH is 5. The predicted octanol–water partition coefficient (Wildman–Crippen LogP) is -0.313. The lowest BCUT2D eigenvalue weighted by molar-refractivity contribution is -0.328. The summed E-state index contributed by atoms with van der Waals surface area (Å²) in [4.78, 5) is 0. The van der Waals surface area contributed by atoms with Crippen LogP contribution in [0.2, 0.25) is 0 Å². The van der Waals surface area contributed by atoms with Crippen molar-refractivity contribution in [2.75, 3.05) is 13.2 Å². The summed E-state index contributed by atoms with van der Waals surface area (Å²) in [5.74, 6) is -0.0743. The maximum atomic E-state index is 11.1. The Morgan fingerprint density at radius 2 is 1.86 bits per heavy atom. The summed E-state index contributed by atoms with van der Waals surface area (Å²) in [5, 5.41) is 60.4. The fraction of sp³-hybridized carbons (Fsp3) is 0.905. The van der Waals surface area contributed by atoms with Gasteiger partial charge in [-0.3, -0.25) is 0 Å². The molecular weight excluding hydrogens is 380 g/mol. The third kappa shape index (κ3) is 4.14. The van der Waals surface area contributed by atoms with Crippen molar-refractivity contribution >= 4 is 0 Å². The minimum absolute atomic E-state index is 0.0297. The van der Waals surface area contributed by atoms with E-state index in [1.807, 2.05) is 13.8 Å². The average Bonchev–Trinajstić information content (AvgIpc) is 2.69. The monoisotopic (exact) mass is 416 g/mol. The van der Waals surface area contributed by atoms with Crippen molar-refractivity contribution in [2.24, 2.45) is 17.3 Å². The quantitative estimate of drug-likeness (QED) is 0.335. The second-order valence-electron chi connectivity index (χ2n) is 9.55. The molecule has 0 radical (unpaired) electrons. The minimum Gasteiger partial charge on any atom is -0.396 e. The molecule has 0 aromatic heterocycles. The van der Waals surface area contributed by atoms with Crippen LogP contribution in [0.15, 0.2) is 11.6 Å². The van der Waals surface area contributed by atoms with Crippen molar-refractivity contribution in [3.8, 4) is 0 Å². The van der Waals surface area contributed by atoms with Crippen molar-refractivity contribution in [1.82, 2.24) is 0 Å². The standard InChI is InChI=1S/C21H36O8/c1-11(9-22)12-4-6-20(2)14(8-12)21(3,27)7-5-15(20)29-19-18(26)17(25)16(24)13(10-23)28-19/h4,11,13-19,22-27H,5-10H2,1-3H3/t11-,13-,14-,15-,16-,17+,18-,19+,20-,21+/m1/s1. The Morgan fingerprint density at radius 3 is 2.48 bits per heavy atom. The van der Waals surface area contributed by atoms with Crippen LogP contribution >= 0.6 is 0 Å². The fourth-order valence-electron chi connectivity index (χ4n) is 5.34. The van der Waals surface area contributed by atoms with Gasteiger partial charge < -0.3 is 40.1 Å². The summed E-state index contributed by atoms with van der Waals surface area (Å²) in [6.07, 6.45) is -2.43. The molecule has 29 heavy (non-hydrogen) atoms. The van der Waals surface area contributed by atoms with E-state index >= 15 is 0 Å². The summed E-state index contributed by atoms with van der Waals surface area (Å²) >= 11 is 0. The molecule has 2 aliphatic carbocycles. The highest BCUT2D eigenvalue weighted by Gasteiger charge is 2.56. The summed E-state index contributed by atoms with van der Waals surface area (Å²) in [6.45, 7) is 5.41. The van der Waals surface area contributed by atoms with Crippen LogP contribution in [-0.4, -0.2) is 86.3 Å². The number of hydrogen-bond acceptors (Lipinski definition) is 8. The van der Waals surface area contributed by atoms with E-state index in [4.69, 9.17) is 9.47 Å². The molecule has 1 saturated heterocycles. The van der Waals surface area contributed by atoms with Gasteiger partial charge in [0, 0.05) is 17.9 Å². The van der Waals surface area contributed by atoms with Gasteiger partial charge in [-0.05, 0) is 38.5 Å². The van der Waals surface area contributed by atoms with Gasteiger partial charge in [0.15, 0.2) is 6.29 Å². The largest absolute Gasteiger partial charge is 0.396 e. The second kappa shape index (κ2) is 8.51. The fourth-order valence-corrected chi connectivity index (χ4v) is 5.34. The molecule has 0 aromatic rings. The first-order valence-corrected chi connectivity index (χ1v) is 10.5. The van der Waals surface area contributed by atoms with E-state index in [0.29, 0.717) is 25.7 Å². The number of rotatable bonds is 5. The van der Waals surface area contributed by atoms with E-state index in [-0.39, 0.29) is 24.5 Å². The van der Waals surface area contributed by atoms with Crippen molar-refractivity contribution < 1.29 is 40.1 Å². The molecule has 2 fully saturated rings. The molecule has 0 bridgehead atoms. The lowest BCUT2D eigenvalue weighted by Gasteiger charge is -2.56. The SMILES string of the molecule is C[C@H](CO)C1=CC[C@]2(C)[C@@H](C1)[C@@](C)(O)CC[C@H]2O[C@@H]1O[C@H](CO)[C@@H](O)[C@H](O)[C@H]1O. The molecular formula is C21H36O8. The second-order valence-corrected chi connectivity index (χ2v) is 9.55. The zero-order valence-electron chi connectivity index (χ0n) is 17.4. The Hall–Kier alpha value is -0.580. The van der Waals surface area contributed by atoms with Crippen LogP contribution in [0.25, 0.3) is 0 Å². The van der Waals surface area contributed by atoms with E-state index < -0.39 is 48.3 Å². The molecule has 10 atom stereocenters. The highest BCUT2D eigenvalue weighted by Crippen LogP contribution is 2.55. The molecule has 0 amide bonds. The van der Waals surface area contributed by atoms with E-state index in [2.05, 4.69) is 13.0 Å². The smallest absolute Gasteiger partial charge is 0.186 e. The molecule has 3 aliphatic rings. The molecule has 1 heterocycles. The molecule has 3 rings (SSSR count). The molecule has 1 saturated carbocycles. The van der Waals surface area contributed by atoms with Crippen LogP contribution in [0.5, 0.6) is 0 Å². The van der Waals surface area contributed by atoms with Gasteiger partial charge in [0.25, 0.3) is 0 Å². The molecule has 0 aromatic carbocycles. The predicted molar refractivity (Wildman–Crippen MR) is 104 cm³/mol. The molecule has 0 unspecified atom stereocenters. The van der Waals surface area contributed by atoms with E-state index in [1.165, 1.54) is 0 Å². The van der Waals surface area contributed by atoms with Gasteiger partial charge in [-0.1, -0.05) is 25.5 Å². The van der Waals surface area contributed by atoms with Crippen LogP contribution in [0, 0.1) is 17.3 Å². The first-order valence-electron chi connectivity index (χ1n) is 10.5. The zero-order valence-corrected chi connectivity index (χ0v) is 17.4. The molecule has 0 spiro atoms.